The molecule has 0 saturated carbocycles. The average molecular weight is 308 g/mol. The molecule has 0 fully saturated rings. The van der Waals surface area contributed by atoms with Gasteiger partial charge in [0.2, 0.25) is 5.91 Å². The highest BCUT2D eigenvalue weighted by molar-refractivity contribution is 5.93. The summed E-state index contributed by atoms with van der Waals surface area (Å²) in [5.74, 6) is -1.94. The molecule has 0 spiro atoms. The molecule has 1 aromatic rings. The van der Waals surface area contributed by atoms with Crippen molar-refractivity contribution in [2.75, 3.05) is 25.5 Å². The van der Waals surface area contributed by atoms with Crippen LogP contribution >= 0.6 is 0 Å². The second-order valence-electron chi connectivity index (χ2n) is 4.49. The number of carbonyl (C=O) groups excluding carboxylic acids is 1. The summed E-state index contributed by atoms with van der Waals surface area (Å²) in [6, 6.07) is 2.98. The first-order valence-corrected chi connectivity index (χ1v) is 6.17. The average Bonchev–Trinajstić information content (AvgIpc) is 2.38. The minimum atomic E-state index is -4.55. The fourth-order valence-electron chi connectivity index (χ4n) is 1.53. The SMILES string of the molecule is CNCC(C)C(=O)Nc1ccc(F)cc1OCC(F)(F)F. The zero-order chi connectivity index (χ0) is 16.0. The number of benzene rings is 1. The van der Waals surface area contributed by atoms with Crippen molar-refractivity contribution in [1.82, 2.24) is 5.32 Å². The normalized spacial score (nSPS) is 12.9. The monoisotopic (exact) mass is 308 g/mol. The highest BCUT2D eigenvalue weighted by Crippen LogP contribution is 2.28. The third-order valence-electron chi connectivity index (χ3n) is 2.55. The van der Waals surface area contributed by atoms with Gasteiger partial charge in [-0.2, -0.15) is 13.2 Å². The number of anilines is 1. The van der Waals surface area contributed by atoms with Crippen molar-refractivity contribution in [3.63, 3.8) is 0 Å². The van der Waals surface area contributed by atoms with Crippen LogP contribution in [0.15, 0.2) is 18.2 Å². The van der Waals surface area contributed by atoms with Crippen LogP contribution in [0.3, 0.4) is 0 Å². The summed E-state index contributed by atoms with van der Waals surface area (Å²) in [4.78, 5) is 11.8. The highest BCUT2D eigenvalue weighted by atomic mass is 19.4. The van der Waals surface area contributed by atoms with Gasteiger partial charge in [-0.25, -0.2) is 4.39 Å². The minimum absolute atomic E-state index is 0.00592. The molecule has 4 nitrogen and oxygen atoms in total. The van der Waals surface area contributed by atoms with Crippen LogP contribution in [0, 0.1) is 11.7 Å². The molecule has 0 saturated heterocycles. The van der Waals surface area contributed by atoms with E-state index in [0.29, 0.717) is 6.54 Å². The van der Waals surface area contributed by atoms with E-state index in [9.17, 15) is 22.4 Å². The molecule has 0 radical (unpaired) electrons. The maximum absolute atomic E-state index is 13.1. The zero-order valence-corrected chi connectivity index (χ0v) is 11.6. The van der Waals surface area contributed by atoms with Crippen molar-refractivity contribution >= 4 is 11.6 Å². The summed E-state index contributed by atoms with van der Waals surface area (Å²) in [5.41, 5.74) is -0.00592. The lowest BCUT2D eigenvalue weighted by Crippen LogP contribution is -2.29. The van der Waals surface area contributed by atoms with Gasteiger partial charge in [-0.15, -0.1) is 0 Å². The Labute approximate surface area is 119 Å². The van der Waals surface area contributed by atoms with Gasteiger partial charge in [0, 0.05) is 18.5 Å². The van der Waals surface area contributed by atoms with E-state index in [1.807, 2.05) is 0 Å². The van der Waals surface area contributed by atoms with Gasteiger partial charge in [0.25, 0.3) is 0 Å². The molecule has 0 aliphatic heterocycles. The first-order valence-electron chi connectivity index (χ1n) is 6.17. The van der Waals surface area contributed by atoms with Crippen LogP contribution in [-0.2, 0) is 4.79 Å². The smallest absolute Gasteiger partial charge is 0.422 e. The molecule has 2 N–H and O–H groups in total. The summed E-state index contributed by atoms with van der Waals surface area (Å²) in [6.07, 6.45) is -4.55. The van der Waals surface area contributed by atoms with Gasteiger partial charge in [-0.1, -0.05) is 6.92 Å². The molecule has 0 aliphatic carbocycles. The highest BCUT2D eigenvalue weighted by Gasteiger charge is 2.29. The van der Waals surface area contributed by atoms with Crippen molar-refractivity contribution < 1.29 is 27.1 Å². The van der Waals surface area contributed by atoms with Gasteiger partial charge in [-0.3, -0.25) is 4.79 Å². The van der Waals surface area contributed by atoms with E-state index in [-0.39, 0.29) is 11.4 Å². The quantitative estimate of drug-likeness (QED) is 0.794. The van der Waals surface area contributed by atoms with E-state index in [2.05, 4.69) is 15.4 Å². The zero-order valence-electron chi connectivity index (χ0n) is 11.6. The topological polar surface area (TPSA) is 50.4 Å². The van der Waals surface area contributed by atoms with Crippen LogP contribution in [0.4, 0.5) is 23.2 Å². The number of rotatable bonds is 6. The van der Waals surface area contributed by atoms with Gasteiger partial charge in [0.15, 0.2) is 6.61 Å². The maximum atomic E-state index is 13.1. The van der Waals surface area contributed by atoms with E-state index >= 15 is 0 Å². The van der Waals surface area contributed by atoms with E-state index in [4.69, 9.17) is 0 Å². The molecule has 0 heterocycles. The number of ether oxygens (including phenoxy) is 1. The molecule has 0 aliphatic rings. The lowest BCUT2D eigenvalue weighted by atomic mass is 10.1. The molecular formula is C13H16F4N2O2. The number of halogens is 4. The molecule has 8 heteroatoms. The Kier molecular flexibility index (Phi) is 5.95. The summed E-state index contributed by atoms with van der Waals surface area (Å²) in [6.45, 7) is 0.475. The number of hydrogen-bond acceptors (Lipinski definition) is 3. The van der Waals surface area contributed by atoms with E-state index in [1.165, 1.54) is 0 Å². The van der Waals surface area contributed by atoms with Crippen LogP contribution in [0.5, 0.6) is 5.75 Å². The van der Waals surface area contributed by atoms with E-state index in [0.717, 1.165) is 18.2 Å². The van der Waals surface area contributed by atoms with Gasteiger partial charge < -0.3 is 15.4 Å². The Bertz CT molecular complexity index is 492. The first kappa shape index (κ1) is 17.2. The lowest BCUT2D eigenvalue weighted by molar-refractivity contribution is -0.153. The van der Waals surface area contributed by atoms with Crippen molar-refractivity contribution in [2.24, 2.45) is 5.92 Å². The fraction of sp³-hybridized carbons (Fsp3) is 0.462. The molecule has 21 heavy (non-hydrogen) atoms. The number of hydrogen-bond donors (Lipinski definition) is 2. The van der Waals surface area contributed by atoms with E-state index in [1.54, 1.807) is 14.0 Å². The molecule has 1 rings (SSSR count). The summed E-state index contributed by atoms with van der Waals surface area (Å²) >= 11 is 0. The van der Waals surface area contributed by atoms with Crippen LogP contribution in [-0.4, -0.2) is 32.3 Å². The molecule has 1 unspecified atom stereocenters. The number of carbonyl (C=O) groups is 1. The van der Waals surface area contributed by atoms with Crippen LogP contribution in [0.2, 0.25) is 0 Å². The predicted octanol–water partition coefficient (Wildman–Crippen LogP) is 2.56. The van der Waals surface area contributed by atoms with Crippen LogP contribution < -0.4 is 15.4 Å². The van der Waals surface area contributed by atoms with Crippen molar-refractivity contribution in [1.29, 1.82) is 0 Å². The van der Waals surface area contributed by atoms with Gasteiger partial charge in [0.05, 0.1) is 5.69 Å². The Balaban J connectivity index is 2.84. The molecular weight excluding hydrogens is 292 g/mol. The third kappa shape index (κ3) is 5.99. The molecule has 1 amide bonds. The summed E-state index contributed by atoms with van der Waals surface area (Å²) in [7, 11) is 1.67. The standard InChI is InChI=1S/C13H16F4N2O2/c1-8(6-18-2)12(20)19-10-4-3-9(14)5-11(10)21-7-13(15,16)17/h3-5,8,18H,6-7H2,1-2H3,(H,19,20). The number of amides is 1. The molecule has 118 valence electrons. The van der Waals surface area contributed by atoms with Gasteiger partial charge >= 0.3 is 6.18 Å². The van der Waals surface area contributed by atoms with Crippen molar-refractivity contribution in [2.45, 2.75) is 13.1 Å². The van der Waals surface area contributed by atoms with Crippen LogP contribution in [0.1, 0.15) is 6.92 Å². The first-order chi connectivity index (χ1) is 9.73. The largest absolute Gasteiger partial charge is 0.482 e. The predicted molar refractivity (Wildman–Crippen MR) is 69.7 cm³/mol. The number of nitrogens with one attached hydrogen (secondary N) is 2. The Morgan fingerprint density at radius 2 is 2.05 bits per heavy atom. The molecule has 0 bridgehead atoms. The fourth-order valence-corrected chi connectivity index (χ4v) is 1.53. The van der Waals surface area contributed by atoms with Crippen molar-refractivity contribution in [3.8, 4) is 5.75 Å². The minimum Gasteiger partial charge on any atom is -0.482 e. The number of alkyl halides is 3. The molecule has 1 atom stereocenters. The van der Waals surface area contributed by atoms with Crippen molar-refractivity contribution in [3.05, 3.63) is 24.0 Å². The second kappa shape index (κ2) is 7.26. The Morgan fingerprint density at radius 1 is 1.38 bits per heavy atom. The van der Waals surface area contributed by atoms with Crippen LogP contribution in [0.25, 0.3) is 0 Å². The third-order valence-corrected chi connectivity index (χ3v) is 2.55. The summed E-state index contributed by atoms with van der Waals surface area (Å²) in [5, 5.41) is 5.22. The Hall–Kier alpha value is -1.83. The Morgan fingerprint density at radius 3 is 2.62 bits per heavy atom. The maximum Gasteiger partial charge on any atom is 0.422 e. The van der Waals surface area contributed by atoms with E-state index < -0.39 is 30.4 Å². The lowest BCUT2D eigenvalue weighted by Gasteiger charge is -2.16. The second-order valence-corrected chi connectivity index (χ2v) is 4.49. The molecule has 1 aromatic carbocycles. The summed E-state index contributed by atoms with van der Waals surface area (Å²) < 4.78 is 54.1. The molecule has 0 aromatic heterocycles. The van der Waals surface area contributed by atoms with Gasteiger partial charge in [-0.05, 0) is 19.2 Å². The van der Waals surface area contributed by atoms with Gasteiger partial charge in [0.1, 0.15) is 11.6 Å².